The lowest BCUT2D eigenvalue weighted by molar-refractivity contribution is -0.108. The Morgan fingerprint density at radius 2 is 2.00 bits per heavy atom. The number of aliphatic hydroxyl groups excluding tert-OH is 2. The quantitative estimate of drug-likeness (QED) is 0.778. The molecule has 0 unspecified atom stereocenters. The maximum absolute atomic E-state index is 13.1. The van der Waals surface area contributed by atoms with Crippen LogP contribution in [-0.4, -0.2) is 58.2 Å². The van der Waals surface area contributed by atoms with E-state index in [0.717, 1.165) is 42.4 Å². The second-order valence-corrected chi connectivity index (χ2v) is 7.74. The number of likely N-dealkylation sites (tertiary alicyclic amines) is 1. The van der Waals surface area contributed by atoms with E-state index in [2.05, 4.69) is 6.92 Å². The molecular formula is C19H28N2O4. The van der Waals surface area contributed by atoms with Crippen LogP contribution < -0.4 is 0 Å². The highest BCUT2D eigenvalue weighted by molar-refractivity contribution is 5.96. The van der Waals surface area contributed by atoms with Crippen molar-refractivity contribution >= 4 is 12.2 Å². The first-order valence-electron chi connectivity index (χ1n) is 9.19. The Kier molecular flexibility index (Phi) is 5.29. The van der Waals surface area contributed by atoms with Crippen LogP contribution >= 0.6 is 0 Å². The number of aromatic nitrogens is 1. The van der Waals surface area contributed by atoms with E-state index in [4.69, 9.17) is 0 Å². The Morgan fingerprint density at radius 1 is 1.32 bits per heavy atom. The minimum atomic E-state index is -0.463. The summed E-state index contributed by atoms with van der Waals surface area (Å²) in [6, 6.07) is 0. The Hall–Kier alpha value is -1.66. The van der Waals surface area contributed by atoms with Gasteiger partial charge in [0.1, 0.15) is 6.29 Å². The Morgan fingerprint density at radius 3 is 2.60 bits per heavy atom. The van der Waals surface area contributed by atoms with Crippen LogP contribution in [0, 0.1) is 11.3 Å². The van der Waals surface area contributed by atoms with Crippen molar-refractivity contribution in [2.45, 2.75) is 45.6 Å². The number of nitrogens with zero attached hydrogens (tertiary/aromatic N) is 2. The molecule has 1 fully saturated rings. The number of carbonyl (C=O) groups is 2. The minimum absolute atomic E-state index is 0.0138. The molecule has 6 nitrogen and oxygen atoms in total. The first-order valence-corrected chi connectivity index (χ1v) is 9.19. The molecule has 1 aromatic heterocycles. The van der Waals surface area contributed by atoms with Crippen LogP contribution in [0.1, 0.15) is 47.8 Å². The van der Waals surface area contributed by atoms with Gasteiger partial charge in [0.2, 0.25) is 0 Å². The van der Waals surface area contributed by atoms with Gasteiger partial charge in [0.15, 0.2) is 0 Å². The number of carbonyl (C=O) groups excluding carboxylic acids is 2. The van der Waals surface area contributed by atoms with E-state index in [1.165, 1.54) is 0 Å². The molecule has 1 atom stereocenters. The van der Waals surface area contributed by atoms with Crippen molar-refractivity contribution < 1.29 is 19.8 Å². The number of amides is 1. The molecule has 0 radical (unpaired) electrons. The number of rotatable bonds is 5. The molecule has 1 saturated heterocycles. The minimum Gasteiger partial charge on any atom is -0.396 e. The largest absolute Gasteiger partial charge is 0.396 e. The van der Waals surface area contributed by atoms with Crippen molar-refractivity contribution in [2.75, 3.05) is 26.3 Å². The number of aliphatic hydroxyl groups is 2. The number of aldehydes is 1. The molecular weight excluding hydrogens is 320 g/mol. The molecule has 25 heavy (non-hydrogen) atoms. The average molecular weight is 348 g/mol. The lowest BCUT2D eigenvalue weighted by Gasteiger charge is -2.39. The van der Waals surface area contributed by atoms with Crippen LogP contribution in [0.5, 0.6) is 0 Å². The molecule has 1 aliphatic heterocycles. The normalized spacial score (nSPS) is 22.5. The molecule has 1 aliphatic carbocycles. The van der Waals surface area contributed by atoms with Crippen LogP contribution in [0.2, 0.25) is 0 Å². The number of piperidine rings is 1. The number of fused-ring (bicyclic) bond motifs is 1. The molecule has 2 heterocycles. The third-order valence-electron chi connectivity index (χ3n) is 6.02. The van der Waals surface area contributed by atoms with Crippen molar-refractivity contribution in [1.82, 2.24) is 9.47 Å². The predicted molar refractivity (Wildman–Crippen MR) is 93.4 cm³/mol. The standard InChI is InChI=1S/C19H28N2O4/c1-14-2-3-15-16(11-21(8-9-22)17(15)10-14)18(25)20-6-4-19(12-23,13-24)5-7-20/h9,11,14,23-24H,2-8,10,12-13H2,1H3/t14-/m1/s1. The van der Waals surface area contributed by atoms with Gasteiger partial charge in [-0.15, -0.1) is 0 Å². The second-order valence-electron chi connectivity index (χ2n) is 7.74. The van der Waals surface area contributed by atoms with Crippen LogP contribution in [-0.2, 0) is 24.2 Å². The molecule has 0 saturated carbocycles. The molecule has 0 spiro atoms. The zero-order valence-electron chi connectivity index (χ0n) is 14.9. The first kappa shape index (κ1) is 18.1. The van der Waals surface area contributed by atoms with Gasteiger partial charge in [-0.3, -0.25) is 4.79 Å². The van der Waals surface area contributed by atoms with Gasteiger partial charge in [0.25, 0.3) is 5.91 Å². The summed E-state index contributed by atoms with van der Waals surface area (Å²) in [5.41, 5.74) is 2.50. The van der Waals surface area contributed by atoms with Crippen molar-refractivity contribution in [2.24, 2.45) is 11.3 Å². The van der Waals surface area contributed by atoms with E-state index in [1.807, 2.05) is 15.7 Å². The monoisotopic (exact) mass is 348 g/mol. The van der Waals surface area contributed by atoms with Crippen LogP contribution in [0.4, 0.5) is 0 Å². The van der Waals surface area contributed by atoms with E-state index < -0.39 is 5.41 Å². The van der Waals surface area contributed by atoms with Crippen LogP contribution in [0.3, 0.4) is 0 Å². The smallest absolute Gasteiger partial charge is 0.255 e. The van der Waals surface area contributed by atoms with Crippen molar-refractivity contribution in [1.29, 1.82) is 0 Å². The molecule has 1 aromatic rings. The fourth-order valence-corrected chi connectivity index (χ4v) is 4.13. The van der Waals surface area contributed by atoms with Gasteiger partial charge in [-0.05, 0) is 43.6 Å². The zero-order valence-corrected chi connectivity index (χ0v) is 14.9. The third kappa shape index (κ3) is 3.37. The van der Waals surface area contributed by atoms with Gasteiger partial charge < -0.3 is 24.5 Å². The molecule has 6 heteroatoms. The van der Waals surface area contributed by atoms with Crippen molar-refractivity contribution in [3.8, 4) is 0 Å². The predicted octanol–water partition coefficient (Wildman–Crippen LogP) is 1.02. The summed E-state index contributed by atoms with van der Waals surface area (Å²) >= 11 is 0. The van der Waals surface area contributed by atoms with E-state index in [9.17, 15) is 19.8 Å². The van der Waals surface area contributed by atoms with Gasteiger partial charge in [0, 0.05) is 30.4 Å². The third-order valence-corrected chi connectivity index (χ3v) is 6.02. The maximum atomic E-state index is 13.1. The van der Waals surface area contributed by atoms with Gasteiger partial charge in [-0.2, -0.15) is 0 Å². The summed E-state index contributed by atoms with van der Waals surface area (Å²) in [5.74, 6) is 0.584. The lowest BCUT2D eigenvalue weighted by atomic mass is 9.79. The molecule has 3 rings (SSSR count). The SMILES string of the molecule is C[C@@H]1CCc2c(C(=O)N3CCC(CO)(CO)CC3)cn(CC=O)c2C1. The Labute approximate surface area is 148 Å². The molecule has 138 valence electrons. The first-order chi connectivity index (χ1) is 12.0. The fourth-order valence-electron chi connectivity index (χ4n) is 4.13. The lowest BCUT2D eigenvalue weighted by Crippen LogP contribution is -2.46. The number of hydrogen-bond donors (Lipinski definition) is 2. The van der Waals surface area contributed by atoms with Gasteiger partial charge in [-0.25, -0.2) is 0 Å². The summed E-state index contributed by atoms with van der Waals surface area (Å²) in [6.07, 6.45) is 6.81. The molecule has 1 amide bonds. The highest BCUT2D eigenvalue weighted by Crippen LogP contribution is 2.33. The number of hydrogen-bond acceptors (Lipinski definition) is 4. The Bertz CT molecular complexity index is 638. The average Bonchev–Trinajstić information content (AvgIpc) is 2.99. The van der Waals surface area contributed by atoms with E-state index in [1.54, 1.807) is 0 Å². The highest BCUT2D eigenvalue weighted by atomic mass is 16.3. The van der Waals surface area contributed by atoms with Gasteiger partial charge in [0.05, 0.1) is 25.3 Å². The summed E-state index contributed by atoms with van der Waals surface area (Å²) in [5, 5.41) is 19.1. The fraction of sp³-hybridized carbons (Fsp3) is 0.684. The molecule has 2 aliphatic rings. The topological polar surface area (TPSA) is 82.8 Å². The van der Waals surface area contributed by atoms with E-state index in [-0.39, 0.29) is 19.1 Å². The zero-order chi connectivity index (χ0) is 18.0. The Balaban J connectivity index is 1.81. The van der Waals surface area contributed by atoms with Crippen LogP contribution in [0.25, 0.3) is 0 Å². The summed E-state index contributed by atoms with van der Waals surface area (Å²) in [4.78, 5) is 25.9. The molecule has 0 bridgehead atoms. The van der Waals surface area contributed by atoms with Crippen molar-refractivity contribution in [3.05, 3.63) is 23.0 Å². The maximum Gasteiger partial charge on any atom is 0.255 e. The van der Waals surface area contributed by atoms with Gasteiger partial charge >= 0.3 is 0 Å². The summed E-state index contributed by atoms with van der Waals surface area (Å²) in [6.45, 7) is 3.49. The molecule has 2 N–H and O–H groups in total. The molecule has 0 aromatic carbocycles. The van der Waals surface area contributed by atoms with Gasteiger partial charge in [-0.1, -0.05) is 6.92 Å². The summed E-state index contributed by atoms with van der Waals surface area (Å²) in [7, 11) is 0. The van der Waals surface area contributed by atoms with E-state index in [0.29, 0.717) is 38.4 Å². The second kappa shape index (κ2) is 7.30. The van der Waals surface area contributed by atoms with E-state index >= 15 is 0 Å². The van der Waals surface area contributed by atoms with Crippen molar-refractivity contribution in [3.63, 3.8) is 0 Å². The highest BCUT2D eigenvalue weighted by Gasteiger charge is 2.36. The summed E-state index contributed by atoms with van der Waals surface area (Å²) < 4.78 is 1.93. The van der Waals surface area contributed by atoms with Crippen LogP contribution in [0.15, 0.2) is 6.20 Å².